The molecule has 0 unspecified atom stereocenters. The van der Waals surface area contributed by atoms with Crippen LogP contribution in [0, 0.1) is 6.92 Å². The lowest BCUT2D eigenvalue weighted by atomic mass is 10.1. The van der Waals surface area contributed by atoms with Crippen molar-refractivity contribution in [1.82, 2.24) is 9.55 Å². The Morgan fingerprint density at radius 1 is 1.00 bits per heavy atom. The summed E-state index contributed by atoms with van der Waals surface area (Å²) in [4.78, 5) is 4.86. The normalized spacial score (nSPS) is 10.9. The molecule has 0 fully saturated rings. The van der Waals surface area contributed by atoms with Crippen LogP contribution in [0.3, 0.4) is 0 Å². The first-order chi connectivity index (χ1) is 11.2. The Hall–Kier alpha value is -2.39. The van der Waals surface area contributed by atoms with Crippen molar-refractivity contribution in [2.24, 2.45) is 0 Å². The minimum absolute atomic E-state index is 0.182. The van der Waals surface area contributed by atoms with Crippen molar-refractivity contribution in [3.05, 3.63) is 71.7 Å². The molecule has 23 heavy (non-hydrogen) atoms. The monoisotopic (exact) mass is 306 g/mol. The summed E-state index contributed by atoms with van der Waals surface area (Å²) in [5.74, 6) is 1.07. The number of aliphatic hydroxyl groups is 1. The number of benzene rings is 2. The van der Waals surface area contributed by atoms with Crippen LogP contribution in [0.2, 0.25) is 0 Å². The van der Waals surface area contributed by atoms with E-state index in [1.54, 1.807) is 0 Å². The number of hydrogen-bond acceptors (Lipinski definition) is 2. The van der Waals surface area contributed by atoms with Gasteiger partial charge in [0, 0.05) is 30.0 Å². The molecular weight excluding hydrogens is 284 g/mol. The second-order valence-corrected chi connectivity index (χ2v) is 5.66. The average Bonchev–Trinajstić information content (AvgIpc) is 2.93. The van der Waals surface area contributed by atoms with Gasteiger partial charge in [0.1, 0.15) is 5.82 Å². The van der Waals surface area contributed by atoms with Gasteiger partial charge in [-0.2, -0.15) is 0 Å². The van der Waals surface area contributed by atoms with Crippen molar-refractivity contribution in [3.8, 4) is 16.9 Å². The molecule has 0 aliphatic carbocycles. The number of aliphatic hydroxyl groups excluding tert-OH is 1. The standard InChI is InChI=1S/C20H22N2O/c1-3-19-21-20(17-7-5-4-6-8-17)15(2)22(19)18-11-9-16(10-12-18)13-14-23/h4-12,23H,3,13-14H2,1-2H3. The summed E-state index contributed by atoms with van der Waals surface area (Å²) in [6, 6.07) is 18.7. The van der Waals surface area contributed by atoms with Crippen LogP contribution >= 0.6 is 0 Å². The molecule has 3 rings (SSSR count). The van der Waals surface area contributed by atoms with Crippen LogP contribution in [0.15, 0.2) is 54.6 Å². The summed E-state index contributed by atoms with van der Waals surface area (Å²) >= 11 is 0. The zero-order valence-electron chi connectivity index (χ0n) is 13.7. The molecular formula is C20H22N2O. The minimum atomic E-state index is 0.182. The number of aryl methyl sites for hydroxylation is 1. The molecule has 0 saturated heterocycles. The summed E-state index contributed by atoms with van der Waals surface area (Å²) in [6.45, 7) is 4.44. The van der Waals surface area contributed by atoms with Crippen LogP contribution in [0.1, 0.15) is 24.0 Å². The Kier molecular flexibility index (Phi) is 4.58. The fourth-order valence-corrected chi connectivity index (χ4v) is 2.95. The summed E-state index contributed by atoms with van der Waals surface area (Å²) in [7, 11) is 0. The molecule has 3 aromatic rings. The number of nitrogens with zero attached hydrogens (tertiary/aromatic N) is 2. The van der Waals surface area contributed by atoms with Gasteiger partial charge in [0.25, 0.3) is 0 Å². The van der Waals surface area contributed by atoms with Gasteiger partial charge in [0.15, 0.2) is 0 Å². The lowest BCUT2D eigenvalue weighted by Crippen LogP contribution is -2.02. The van der Waals surface area contributed by atoms with Crippen molar-refractivity contribution in [2.45, 2.75) is 26.7 Å². The number of rotatable bonds is 5. The van der Waals surface area contributed by atoms with E-state index >= 15 is 0 Å². The summed E-state index contributed by atoms with van der Waals surface area (Å²) in [6.07, 6.45) is 1.57. The van der Waals surface area contributed by atoms with E-state index in [0.717, 1.165) is 40.4 Å². The first-order valence-corrected chi connectivity index (χ1v) is 8.08. The molecule has 3 heteroatoms. The third-order valence-corrected chi connectivity index (χ3v) is 4.14. The lowest BCUT2D eigenvalue weighted by molar-refractivity contribution is 0.299. The molecule has 1 heterocycles. The van der Waals surface area contributed by atoms with E-state index in [9.17, 15) is 0 Å². The van der Waals surface area contributed by atoms with Gasteiger partial charge >= 0.3 is 0 Å². The molecule has 1 aromatic heterocycles. The predicted molar refractivity (Wildman–Crippen MR) is 93.9 cm³/mol. The summed E-state index contributed by atoms with van der Waals surface area (Å²) in [5.41, 5.74) is 5.62. The maximum absolute atomic E-state index is 9.05. The topological polar surface area (TPSA) is 38.0 Å². The van der Waals surface area contributed by atoms with E-state index in [2.05, 4.69) is 54.8 Å². The van der Waals surface area contributed by atoms with Gasteiger partial charge in [0.05, 0.1) is 5.69 Å². The van der Waals surface area contributed by atoms with E-state index in [1.165, 1.54) is 0 Å². The quantitative estimate of drug-likeness (QED) is 0.775. The van der Waals surface area contributed by atoms with Gasteiger partial charge in [-0.15, -0.1) is 0 Å². The Morgan fingerprint density at radius 3 is 2.30 bits per heavy atom. The maximum Gasteiger partial charge on any atom is 0.113 e. The van der Waals surface area contributed by atoms with Crippen molar-refractivity contribution < 1.29 is 5.11 Å². The van der Waals surface area contributed by atoms with Gasteiger partial charge in [0.2, 0.25) is 0 Å². The Balaban J connectivity index is 2.06. The number of aromatic nitrogens is 2. The number of imidazole rings is 1. The highest BCUT2D eigenvalue weighted by Crippen LogP contribution is 2.26. The third-order valence-electron chi connectivity index (χ3n) is 4.14. The molecule has 0 amide bonds. The second kappa shape index (κ2) is 6.80. The van der Waals surface area contributed by atoms with Gasteiger partial charge < -0.3 is 9.67 Å². The zero-order valence-corrected chi connectivity index (χ0v) is 13.7. The van der Waals surface area contributed by atoms with Gasteiger partial charge in [-0.1, -0.05) is 49.4 Å². The van der Waals surface area contributed by atoms with Crippen molar-refractivity contribution in [2.75, 3.05) is 6.61 Å². The van der Waals surface area contributed by atoms with Gasteiger partial charge in [-0.25, -0.2) is 4.98 Å². The zero-order chi connectivity index (χ0) is 16.2. The first-order valence-electron chi connectivity index (χ1n) is 8.08. The molecule has 0 atom stereocenters. The molecule has 0 radical (unpaired) electrons. The SMILES string of the molecule is CCc1nc(-c2ccccc2)c(C)n1-c1ccc(CCO)cc1. The maximum atomic E-state index is 9.05. The molecule has 118 valence electrons. The van der Waals surface area contributed by atoms with E-state index < -0.39 is 0 Å². The van der Waals surface area contributed by atoms with Crippen LogP contribution in [-0.2, 0) is 12.8 Å². The Labute approximate surface area is 137 Å². The molecule has 0 saturated carbocycles. The average molecular weight is 306 g/mol. The first kappa shape index (κ1) is 15.5. The van der Waals surface area contributed by atoms with Gasteiger partial charge in [-0.3, -0.25) is 0 Å². The largest absolute Gasteiger partial charge is 0.396 e. The second-order valence-electron chi connectivity index (χ2n) is 5.66. The van der Waals surface area contributed by atoms with Crippen LogP contribution in [0.25, 0.3) is 16.9 Å². The van der Waals surface area contributed by atoms with Crippen LogP contribution < -0.4 is 0 Å². The summed E-state index contributed by atoms with van der Waals surface area (Å²) in [5, 5.41) is 9.05. The Morgan fingerprint density at radius 2 is 1.70 bits per heavy atom. The molecule has 0 aliphatic rings. The van der Waals surface area contributed by atoms with Crippen LogP contribution in [0.4, 0.5) is 0 Å². The lowest BCUT2D eigenvalue weighted by Gasteiger charge is -2.10. The van der Waals surface area contributed by atoms with Gasteiger partial charge in [-0.05, 0) is 31.0 Å². The molecule has 0 bridgehead atoms. The van der Waals surface area contributed by atoms with E-state index in [4.69, 9.17) is 10.1 Å². The number of hydrogen-bond donors (Lipinski definition) is 1. The van der Waals surface area contributed by atoms with Crippen LogP contribution in [0.5, 0.6) is 0 Å². The molecule has 0 spiro atoms. The highest BCUT2D eigenvalue weighted by molar-refractivity contribution is 5.63. The predicted octanol–water partition coefficient (Wildman–Crippen LogP) is 3.94. The van der Waals surface area contributed by atoms with Crippen molar-refractivity contribution in [3.63, 3.8) is 0 Å². The molecule has 0 aliphatic heterocycles. The fourth-order valence-electron chi connectivity index (χ4n) is 2.95. The van der Waals surface area contributed by atoms with E-state index in [-0.39, 0.29) is 6.61 Å². The highest BCUT2D eigenvalue weighted by Gasteiger charge is 2.15. The minimum Gasteiger partial charge on any atom is -0.396 e. The fraction of sp³-hybridized carbons (Fsp3) is 0.250. The van der Waals surface area contributed by atoms with Crippen LogP contribution in [-0.4, -0.2) is 21.3 Å². The van der Waals surface area contributed by atoms with E-state index in [0.29, 0.717) is 6.42 Å². The third kappa shape index (κ3) is 3.06. The molecule has 3 nitrogen and oxygen atoms in total. The highest BCUT2D eigenvalue weighted by atomic mass is 16.2. The van der Waals surface area contributed by atoms with Crippen molar-refractivity contribution in [1.29, 1.82) is 0 Å². The Bertz CT molecular complexity index is 773. The smallest absolute Gasteiger partial charge is 0.113 e. The van der Waals surface area contributed by atoms with Crippen molar-refractivity contribution >= 4 is 0 Å². The summed E-state index contributed by atoms with van der Waals surface area (Å²) < 4.78 is 2.23. The van der Waals surface area contributed by atoms with E-state index in [1.807, 2.05) is 18.2 Å². The molecule has 1 N–H and O–H groups in total. The molecule has 2 aromatic carbocycles.